The molecule has 2 aliphatic rings. The Bertz CT molecular complexity index is 577. The summed E-state index contributed by atoms with van der Waals surface area (Å²) in [6.45, 7) is 1.84. The van der Waals surface area contributed by atoms with Crippen LogP contribution in [0.3, 0.4) is 0 Å². The van der Waals surface area contributed by atoms with Gasteiger partial charge in [0.1, 0.15) is 18.8 Å². The fraction of sp³-hybridized carbons (Fsp3) is 0.529. The van der Waals surface area contributed by atoms with Gasteiger partial charge in [0.25, 0.3) is 5.91 Å². The third-order valence-corrected chi connectivity index (χ3v) is 4.48. The maximum absolute atomic E-state index is 12.2. The molecule has 23 heavy (non-hydrogen) atoms. The van der Waals surface area contributed by atoms with E-state index >= 15 is 0 Å². The normalized spacial score (nSPS) is 25.0. The van der Waals surface area contributed by atoms with Crippen LogP contribution in [0.2, 0.25) is 0 Å². The number of hydrogen-bond donors (Lipinski definition) is 0. The highest BCUT2D eigenvalue weighted by molar-refractivity contribution is 5.95. The van der Waals surface area contributed by atoms with E-state index in [2.05, 4.69) is 0 Å². The van der Waals surface area contributed by atoms with Crippen molar-refractivity contribution in [3.8, 4) is 0 Å². The van der Waals surface area contributed by atoms with Gasteiger partial charge in [0.15, 0.2) is 0 Å². The molecular formula is C17H22N2O4. The largest absolute Gasteiger partial charge is 0.375 e. The van der Waals surface area contributed by atoms with Gasteiger partial charge in [0.05, 0.1) is 13.1 Å². The smallest absolute Gasteiger partial charge is 0.253 e. The van der Waals surface area contributed by atoms with Crippen LogP contribution >= 0.6 is 0 Å². The summed E-state index contributed by atoms with van der Waals surface area (Å²) in [5.41, 5.74) is 0.395. The molecule has 2 aliphatic heterocycles. The molecule has 2 saturated heterocycles. The summed E-state index contributed by atoms with van der Waals surface area (Å²) in [7, 11) is 1.52. The minimum atomic E-state index is -0.481. The zero-order valence-corrected chi connectivity index (χ0v) is 13.4. The van der Waals surface area contributed by atoms with Crippen molar-refractivity contribution in [1.29, 1.82) is 0 Å². The van der Waals surface area contributed by atoms with Crippen molar-refractivity contribution in [1.82, 2.24) is 4.90 Å². The molecule has 0 aromatic heterocycles. The van der Waals surface area contributed by atoms with E-state index in [0.717, 1.165) is 18.5 Å². The number of methoxy groups -OCH3 is 1. The van der Waals surface area contributed by atoms with Gasteiger partial charge in [-0.25, -0.2) is 0 Å². The molecule has 6 nitrogen and oxygen atoms in total. The highest BCUT2D eigenvalue weighted by atomic mass is 16.5. The van der Waals surface area contributed by atoms with Gasteiger partial charge in [-0.05, 0) is 25.0 Å². The standard InChI is InChI=1S/C17H22N2O4/c1-22-10-15(20)18-9-5-8-17(12-18)13-19(16(21)11-23-17)14-6-3-2-4-7-14/h2-4,6-7H,5,8-13H2,1H3. The number of piperidine rings is 1. The van der Waals surface area contributed by atoms with Crippen LogP contribution in [0.25, 0.3) is 0 Å². The monoisotopic (exact) mass is 318 g/mol. The van der Waals surface area contributed by atoms with E-state index in [1.807, 2.05) is 30.3 Å². The number of carbonyl (C=O) groups excluding carboxylic acids is 2. The van der Waals surface area contributed by atoms with Crippen molar-refractivity contribution in [2.45, 2.75) is 18.4 Å². The van der Waals surface area contributed by atoms with Gasteiger partial charge in [-0.15, -0.1) is 0 Å². The molecule has 2 heterocycles. The molecule has 3 rings (SSSR count). The van der Waals surface area contributed by atoms with Gasteiger partial charge >= 0.3 is 0 Å². The molecule has 6 heteroatoms. The summed E-state index contributed by atoms with van der Waals surface area (Å²) >= 11 is 0. The number of morpholine rings is 1. The zero-order chi connectivity index (χ0) is 16.3. The third-order valence-electron chi connectivity index (χ3n) is 4.48. The molecule has 1 aromatic carbocycles. The summed E-state index contributed by atoms with van der Waals surface area (Å²) in [4.78, 5) is 27.9. The topological polar surface area (TPSA) is 59.1 Å². The number of anilines is 1. The Morgan fingerprint density at radius 2 is 2.09 bits per heavy atom. The molecule has 2 amide bonds. The van der Waals surface area contributed by atoms with Gasteiger partial charge in [0, 0.05) is 19.3 Å². The highest BCUT2D eigenvalue weighted by Gasteiger charge is 2.44. The lowest BCUT2D eigenvalue weighted by Crippen LogP contribution is -2.62. The molecule has 2 fully saturated rings. The molecule has 0 radical (unpaired) electrons. The Balaban J connectivity index is 1.76. The van der Waals surface area contributed by atoms with E-state index in [4.69, 9.17) is 9.47 Å². The van der Waals surface area contributed by atoms with Crippen molar-refractivity contribution < 1.29 is 19.1 Å². The van der Waals surface area contributed by atoms with Crippen LogP contribution in [-0.4, -0.2) is 62.3 Å². The van der Waals surface area contributed by atoms with Gasteiger partial charge in [-0.2, -0.15) is 0 Å². The number of ether oxygens (including phenoxy) is 2. The predicted octanol–water partition coefficient (Wildman–Crippen LogP) is 1.06. The van der Waals surface area contributed by atoms with E-state index in [9.17, 15) is 9.59 Å². The Labute approximate surface area is 136 Å². The van der Waals surface area contributed by atoms with Gasteiger partial charge in [-0.3, -0.25) is 9.59 Å². The zero-order valence-electron chi connectivity index (χ0n) is 13.4. The number of hydrogen-bond acceptors (Lipinski definition) is 4. The van der Waals surface area contributed by atoms with Gasteiger partial charge in [0.2, 0.25) is 5.91 Å². The van der Waals surface area contributed by atoms with Crippen LogP contribution in [0.15, 0.2) is 30.3 Å². The SMILES string of the molecule is COCC(=O)N1CCCC2(C1)CN(c1ccccc1)C(=O)CO2. The number of likely N-dealkylation sites (tertiary alicyclic amines) is 1. The first-order chi connectivity index (χ1) is 11.1. The summed E-state index contributed by atoms with van der Waals surface area (Å²) in [5, 5.41) is 0. The van der Waals surface area contributed by atoms with E-state index in [-0.39, 0.29) is 25.0 Å². The first-order valence-corrected chi connectivity index (χ1v) is 7.90. The summed E-state index contributed by atoms with van der Waals surface area (Å²) < 4.78 is 10.8. The van der Waals surface area contributed by atoms with E-state index in [1.54, 1.807) is 9.80 Å². The fourth-order valence-electron chi connectivity index (χ4n) is 3.33. The molecular weight excluding hydrogens is 296 g/mol. The van der Waals surface area contributed by atoms with Crippen molar-refractivity contribution in [2.24, 2.45) is 0 Å². The second kappa shape index (κ2) is 6.68. The van der Waals surface area contributed by atoms with Crippen LogP contribution < -0.4 is 4.90 Å². The Kier molecular flexibility index (Phi) is 4.63. The van der Waals surface area contributed by atoms with Gasteiger partial charge < -0.3 is 19.3 Å². The Morgan fingerprint density at radius 3 is 2.83 bits per heavy atom. The van der Waals surface area contributed by atoms with Crippen molar-refractivity contribution in [2.75, 3.05) is 44.9 Å². The molecule has 0 aliphatic carbocycles. The molecule has 1 atom stereocenters. The minimum absolute atomic E-state index is 0.0293. The van der Waals surface area contributed by atoms with Crippen LogP contribution in [0.5, 0.6) is 0 Å². The molecule has 0 N–H and O–H groups in total. The van der Waals surface area contributed by atoms with E-state index in [1.165, 1.54) is 7.11 Å². The molecule has 0 saturated carbocycles. The predicted molar refractivity (Wildman–Crippen MR) is 85.2 cm³/mol. The molecule has 1 spiro atoms. The maximum Gasteiger partial charge on any atom is 0.253 e. The quantitative estimate of drug-likeness (QED) is 0.836. The van der Waals surface area contributed by atoms with Crippen LogP contribution in [0, 0.1) is 0 Å². The van der Waals surface area contributed by atoms with Crippen LogP contribution in [0.4, 0.5) is 5.69 Å². The number of carbonyl (C=O) groups is 2. The number of benzene rings is 1. The van der Waals surface area contributed by atoms with Crippen molar-refractivity contribution in [3.63, 3.8) is 0 Å². The average Bonchev–Trinajstić information content (AvgIpc) is 2.58. The first kappa shape index (κ1) is 16.0. The van der Waals surface area contributed by atoms with E-state index in [0.29, 0.717) is 19.6 Å². The van der Waals surface area contributed by atoms with Crippen molar-refractivity contribution >= 4 is 17.5 Å². The van der Waals surface area contributed by atoms with Crippen molar-refractivity contribution in [3.05, 3.63) is 30.3 Å². The van der Waals surface area contributed by atoms with Crippen LogP contribution in [0.1, 0.15) is 12.8 Å². The molecule has 1 aromatic rings. The highest BCUT2D eigenvalue weighted by Crippen LogP contribution is 2.31. The second-order valence-corrected chi connectivity index (χ2v) is 6.14. The Morgan fingerprint density at radius 1 is 1.30 bits per heavy atom. The summed E-state index contributed by atoms with van der Waals surface area (Å²) in [6, 6.07) is 9.61. The molecule has 124 valence electrons. The Hall–Kier alpha value is -1.92. The molecule has 0 bridgehead atoms. The molecule has 1 unspecified atom stereocenters. The average molecular weight is 318 g/mol. The fourth-order valence-corrected chi connectivity index (χ4v) is 3.33. The number of para-hydroxylation sites is 1. The van der Waals surface area contributed by atoms with E-state index < -0.39 is 5.60 Å². The summed E-state index contributed by atoms with van der Waals surface area (Å²) in [6.07, 6.45) is 1.71. The number of nitrogens with zero attached hydrogens (tertiary/aromatic N) is 2. The third kappa shape index (κ3) is 3.38. The van der Waals surface area contributed by atoms with Gasteiger partial charge in [-0.1, -0.05) is 18.2 Å². The lowest BCUT2D eigenvalue weighted by molar-refractivity contribution is -0.155. The number of rotatable bonds is 3. The van der Waals surface area contributed by atoms with Crippen LogP contribution in [-0.2, 0) is 19.1 Å². The minimum Gasteiger partial charge on any atom is -0.375 e. The summed E-state index contributed by atoms with van der Waals surface area (Å²) in [5.74, 6) is -0.0690. The number of amides is 2. The first-order valence-electron chi connectivity index (χ1n) is 7.90. The lowest BCUT2D eigenvalue weighted by atomic mass is 9.90. The maximum atomic E-state index is 12.2. The lowest BCUT2D eigenvalue weighted by Gasteiger charge is -2.47. The second-order valence-electron chi connectivity index (χ2n) is 6.14.